The maximum Gasteiger partial charge on any atom is 0.314 e. The first-order valence-electron chi connectivity index (χ1n) is 6.91. The molecule has 0 aliphatic rings. The molecule has 23 heavy (non-hydrogen) atoms. The molecule has 0 spiro atoms. The van der Waals surface area contributed by atoms with Crippen LogP contribution in [0.2, 0.25) is 10.0 Å². The molecule has 0 aromatic heterocycles. The number of allylic oxidation sites excluding steroid dienone is 1. The van der Waals surface area contributed by atoms with Gasteiger partial charge < -0.3 is 4.74 Å². The molecule has 0 aliphatic heterocycles. The molecule has 0 fully saturated rings. The van der Waals surface area contributed by atoms with Crippen molar-refractivity contribution in [3.63, 3.8) is 0 Å². The van der Waals surface area contributed by atoms with Gasteiger partial charge in [-0.3, -0.25) is 9.59 Å². The van der Waals surface area contributed by atoms with Gasteiger partial charge >= 0.3 is 5.97 Å². The van der Waals surface area contributed by atoms with Crippen LogP contribution in [0.25, 0.3) is 6.08 Å². The zero-order valence-corrected chi connectivity index (χ0v) is 13.7. The highest BCUT2D eigenvalue weighted by molar-refractivity contribution is 6.42. The van der Waals surface area contributed by atoms with Crippen molar-refractivity contribution in [2.75, 3.05) is 0 Å². The highest BCUT2D eigenvalue weighted by Gasteiger charge is 2.09. The van der Waals surface area contributed by atoms with Crippen LogP contribution in [-0.2, 0) is 20.9 Å². The van der Waals surface area contributed by atoms with Crippen LogP contribution in [-0.4, -0.2) is 11.8 Å². The van der Waals surface area contributed by atoms with Crippen molar-refractivity contribution in [2.24, 2.45) is 0 Å². The molecule has 2 aromatic carbocycles. The van der Waals surface area contributed by atoms with Crippen LogP contribution < -0.4 is 0 Å². The number of ether oxygens (including phenoxy) is 1. The molecule has 0 N–H and O–H groups in total. The van der Waals surface area contributed by atoms with Gasteiger partial charge in [0.2, 0.25) is 0 Å². The first-order valence-corrected chi connectivity index (χ1v) is 7.66. The van der Waals surface area contributed by atoms with Gasteiger partial charge in [0.1, 0.15) is 13.0 Å². The smallest absolute Gasteiger partial charge is 0.314 e. The molecule has 0 atom stereocenters. The lowest BCUT2D eigenvalue weighted by molar-refractivity contribution is -0.146. The first kappa shape index (κ1) is 17.3. The van der Waals surface area contributed by atoms with Gasteiger partial charge in [-0.05, 0) is 29.3 Å². The number of ketones is 1. The van der Waals surface area contributed by atoms with E-state index < -0.39 is 5.97 Å². The fourth-order valence-corrected chi connectivity index (χ4v) is 2.19. The van der Waals surface area contributed by atoms with Crippen LogP contribution in [0.15, 0.2) is 54.6 Å². The minimum Gasteiger partial charge on any atom is -0.460 e. The van der Waals surface area contributed by atoms with Crippen molar-refractivity contribution in [1.29, 1.82) is 0 Å². The Labute approximate surface area is 144 Å². The maximum absolute atomic E-state index is 11.8. The molecule has 0 saturated carbocycles. The summed E-state index contributed by atoms with van der Waals surface area (Å²) >= 11 is 11.9. The summed E-state index contributed by atoms with van der Waals surface area (Å²) in [4.78, 5) is 23.4. The minimum absolute atomic E-state index is 0.150. The molecular formula is C18H14Cl2O3. The minimum atomic E-state index is -0.569. The monoisotopic (exact) mass is 348 g/mol. The number of hydrogen-bond acceptors (Lipinski definition) is 3. The fraction of sp³-hybridized carbons (Fsp3) is 0.111. The van der Waals surface area contributed by atoms with Gasteiger partial charge in [0.05, 0.1) is 10.0 Å². The Morgan fingerprint density at radius 2 is 1.74 bits per heavy atom. The topological polar surface area (TPSA) is 43.4 Å². The quantitative estimate of drug-likeness (QED) is 0.431. The highest BCUT2D eigenvalue weighted by atomic mass is 35.5. The molecule has 2 rings (SSSR count). The molecule has 3 nitrogen and oxygen atoms in total. The number of carbonyl (C=O) groups excluding carboxylic acids is 2. The molecule has 0 radical (unpaired) electrons. The molecule has 5 heteroatoms. The van der Waals surface area contributed by atoms with Crippen molar-refractivity contribution < 1.29 is 14.3 Å². The molecule has 0 bridgehead atoms. The zero-order chi connectivity index (χ0) is 16.7. The van der Waals surface area contributed by atoms with Crippen molar-refractivity contribution in [1.82, 2.24) is 0 Å². The Bertz CT molecular complexity index is 724. The summed E-state index contributed by atoms with van der Waals surface area (Å²) in [6.07, 6.45) is 2.50. The van der Waals surface area contributed by atoms with Gasteiger partial charge in [-0.2, -0.15) is 0 Å². The average Bonchev–Trinajstić information content (AvgIpc) is 2.55. The lowest BCUT2D eigenvalue weighted by atomic mass is 10.1. The average molecular weight is 349 g/mol. The third-order valence-electron chi connectivity index (χ3n) is 2.99. The summed E-state index contributed by atoms with van der Waals surface area (Å²) in [6, 6.07) is 14.4. The molecule has 0 heterocycles. The van der Waals surface area contributed by atoms with Crippen molar-refractivity contribution >= 4 is 41.0 Å². The molecular weight excluding hydrogens is 335 g/mol. The maximum atomic E-state index is 11.8. The van der Waals surface area contributed by atoms with Gasteiger partial charge in [-0.25, -0.2) is 0 Å². The number of carbonyl (C=O) groups is 2. The molecule has 0 unspecified atom stereocenters. The van der Waals surface area contributed by atoms with E-state index in [1.807, 2.05) is 30.3 Å². The van der Waals surface area contributed by atoms with Gasteiger partial charge in [0, 0.05) is 0 Å². The Balaban J connectivity index is 1.85. The van der Waals surface area contributed by atoms with Gasteiger partial charge in [0.25, 0.3) is 0 Å². The number of esters is 1. The highest BCUT2D eigenvalue weighted by Crippen LogP contribution is 2.26. The number of benzene rings is 2. The van der Waals surface area contributed by atoms with E-state index in [1.54, 1.807) is 18.2 Å². The Morgan fingerprint density at radius 1 is 1.00 bits per heavy atom. The first-order chi connectivity index (χ1) is 11.1. The summed E-state index contributed by atoms with van der Waals surface area (Å²) in [6.45, 7) is 0.150. The molecule has 2 aromatic rings. The summed E-state index contributed by atoms with van der Waals surface area (Å²) in [5.41, 5.74) is 1.49. The summed E-state index contributed by atoms with van der Waals surface area (Å²) < 4.78 is 5.05. The fourth-order valence-electron chi connectivity index (χ4n) is 1.82. The van der Waals surface area contributed by atoms with Crippen molar-refractivity contribution in [3.8, 4) is 0 Å². The van der Waals surface area contributed by atoms with E-state index in [4.69, 9.17) is 27.9 Å². The van der Waals surface area contributed by atoms with E-state index in [2.05, 4.69) is 0 Å². The zero-order valence-electron chi connectivity index (χ0n) is 12.2. The number of rotatable bonds is 6. The summed E-state index contributed by atoms with van der Waals surface area (Å²) in [5, 5.41) is 0.772. The SMILES string of the molecule is O=C(C=Cc1cccc(Cl)c1Cl)CC(=O)OCc1ccccc1. The van der Waals surface area contributed by atoms with E-state index in [-0.39, 0.29) is 18.8 Å². The number of halogens is 2. The summed E-state index contributed by atoms with van der Waals surface area (Å²) in [5.74, 6) is -0.931. The second-order valence-corrected chi connectivity index (χ2v) is 5.55. The van der Waals surface area contributed by atoms with Gasteiger partial charge in [-0.1, -0.05) is 65.7 Å². The molecule has 0 saturated heterocycles. The summed E-state index contributed by atoms with van der Waals surface area (Å²) in [7, 11) is 0. The Morgan fingerprint density at radius 3 is 2.48 bits per heavy atom. The van der Waals surface area contributed by atoms with Gasteiger partial charge in [-0.15, -0.1) is 0 Å². The van der Waals surface area contributed by atoms with E-state index >= 15 is 0 Å². The molecule has 0 amide bonds. The lowest BCUT2D eigenvalue weighted by Gasteiger charge is -2.03. The van der Waals surface area contributed by atoms with E-state index in [0.717, 1.165) is 5.56 Å². The van der Waals surface area contributed by atoms with Crippen LogP contribution in [0.5, 0.6) is 0 Å². The van der Waals surface area contributed by atoms with Gasteiger partial charge in [0.15, 0.2) is 5.78 Å². The third kappa shape index (κ3) is 5.55. The van der Waals surface area contributed by atoms with Crippen molar-refractivity contribution in [3.05, 3.63) is 75.8 Å². The van der Waals surface area contributed by atoms with Crippen LogP contribution >= 0.6 is 23.2 Å². The Hall–Kier alpha value is -2.10. The molecule has 118 valence electrons. The molecule has 0 aliphatic carbocycles. The van der Waals surface area contributed by atoms with Crippen LogP contribution in [0.1, 0.15) is 17.5 Å². The largest absolute Gasteiger partial charge is 0.460 e. The number of hydrogen-bond donors (Lipinski definition) is 0. The van der Waals surface area contributed by atoms with Crippen LogP contribution in [0.4, 0.5) is 0 Å². The van der Waals surface area contributed by atoms with E-state index in [9.17, 15) is 9.59 Å². The van der Waals surface area contributed by atoms with Crippen LogP contribution in [0.3, 0.4) is 0 Å². The third-order valence-corrected chi connectivity index (χ3v) is 3.82. The lowest BCUT2D eigenvalue weighted by Crippen LogP contribution is -2.09. The van der Waals surface area contributed by atoms with E-state index in [1.165, 1.54) is 12.2 Å². The Kier molecular flexibility index (Phi) is 6.39. The second-order valence-electron chi connectivity index (χ2n) is 4.77. The van der Waals surface area contributed by atoms with E-state index in [0.29, 0.717) is 15.6 Å². The van der Waals surface area contributed by atoms with Crippen LogP contribution in [0, 0.1) is 0 Å². The predicted molar refractivity (Wildman–Crippen MR) is 91.4 cm³/mol. The normalized spacial score (nSPS) is 10.7. The van der Waals surface area contributed by atoms with Crippen molar-refractivity contribution in [2.45, 2.75) is 13.0 Å². The second kappa shape index (κ2) is 8.51. The predicted octanol–water partition coefficient (Wildman–Crippen LogP) is 4.71. The standard InChI is InChI=1S/C18H14Cl2O3/c19-16-8-4-7-14(18(16)20)9-10-15(21)11-17(22)23-12-13-5-2-1-3-6-13/h1-10H,11-12H2.